The molecule has 1 aromatic heterocycles. The fourth-order valence-electron chi connectivity index (χ4n) is 2.45. The molecule has 1 aromatic carbocycles. The number of fused-ring (bicyclic) bond motifs is 1. The fourth-order valence-corrected chi connectivity index (χ4v) is 2.45. The van der Waals surface area contributed by atoms with E-state index in [1.165, 1.54) is 0 Å². The highest BCUT2D eigenvalue weighted by atomic mass is 127. The Labute approximate surface area is 146 Å². The number of hydrogen-bond donors (Lipinski definition) is 0. The number of aromatic amines is 1. The normalized spacial score (nSPS) is 14.7. The molecule has 0 atom stereocenters. The third-order valence-corrected chi connectivity index (χ3v) is 3.31. The lowest BCUT2D eigenvalue weighted by Gasteiger charge is -2.29. The van der Waals surface area contributed by atoms with Crippen LogP contribution in [0.3, 0.4) is 0 Å². The summed E-state index contributed by atoms with van der Waals surface area (Å²) in [5, 5.41) is 9.08. The first-order valence-electron chi connectivity index (χ1n) is 6.85. The van der Waals surface area contributed by atoms with Gasteiger partial charge < -0.3 is 28.7 Å². The summed E-state index contributed by atoms with van der Waals surface area (Å²) in [6, 6.07) is 13.6. The maximum atomic E-state index is 9.08. The molecule has 0 saturated carbocycles. The lowest BCUT2D eigenvalue weighted by atomic mass is 9.99. The van der Waals surface area contributed by atoms with E-state index >= 15 is 0 Å². The molecular weight excluding hydrogens is 389 g/mol. The first-order chi connectivity index (χ1) is 10.1. The molecule has 0 aliphatic carbocycles. The van der Waals surface area contributed by atoms with Gasteiger partial charge >= 0.3 is 0 Å². The van der Waals surface area contributed by atoms with Gasteiger partial charge in [-0.15, -0.1) is 0 Å². The van der Waals surface area contributed by atoms with Gasteiger partial charge in [0.1, 0.15) is 5.75 Å². The van der Waals surface area contributed by atoms with Crippen molar-refractivity contribution >= 4 is 5.71 Å². The molecule has 22 heavy (non-hydrogen) atoms. The summed E-state index contributed by atoms with van der Waals surface area (Å²) < 4.78 is 5.88. The number of nitrogens with zero attached hydrogens (tertiary/aromatic N) is 2. The predicted molar refractivity (Wildman–Crippen MR) is 79.1 cm³/mol. The minimum absolute atomic E-state index is 0. The van der Waals surface area contributed by atoms with Crippen LogP contribution >= 0.6 is 0 Å². The zero-order valence-electron chi connectivity index (χ0n) is 12.4. The van der Waals surface area contributed by atoms with Gasteiger partial charge in [0.25, 0.3) is 0 Å². The molecule has 0 fully saturated rings. The molecule has 4 nitrogen and oxygen atoms in total. The summed E-state index contributed by atoms with van der Waals surface area (Å²) in [6.07, 6.45) is 2.57. The van der Waals surface area contributed by atoms with Crippen molar-refractivity contribution in [2.45, 2.75) is 26.0 Å². The largest absolute Gasteiger partial charge is 1.00 e. The zero-order chi connectivity index (χ0) is 14.9. The number of nitrogens with one attached hydrogen (secondary N) is 1. The third-order valence-electron chi connectivity index (χ3n) is 3.31. The Morgan fingerprint density at radius 3 is 2.77 bits per heavy atom. The number of hydrogen-bond acceptors (Lipinski definition) is 3. The average molecular weight is 405 g/mol. The van der Waals surface area contributed by atoms with Crippen molar-refractivity contribution in [3.8, 4) is 11.8 Å². The number of H-pyrrole nitrogens is 1. The first kappa shape index (κ1) is 16.4. The summed E-state index contributed by atoms with van der Waals surface area (Å²) in [5.74, 6) is 0.778. The molecule has 0 saturated heterocycles. The van der Waals surface area contributed by atoms with Crippen molar-refractivity contribution in [1.29, 1.82) is 5.26 Å². The van der Waals surface area contributed by atoms with Gasteiger partial charge in [-0.1, -0.05) is 6.07 Å². The van der Waals surface area contributed by atoms with E-state index in [0.717, 1.165) is 22.7 Å². The van der Waals surface area contributed by atoms with Crippen molar-refractivity contribution in [3.05, 3.63) is 59.4 Å². The molecule has 2 heterocycles. The Hall–Kier alpha value is -1.94. The maximum Gasteiger partial charge on any atom is 0.194 e. The number of rotatable bonds is 2. The van der Waals surface area contributed by atoms with E-state index in [1.807, 2.05) is 50.4 Å². The summed E-state index contributed by atoms with van der Waals surface area (Å²) in [5.41, 5.74) is 2.92. The quantitative estimate of drug-likeness (QED) is 0.635. The second kappa shape index (κ2) is 6.44. The molecule has 1 N–H and O–H groups in total. The smallest absolute Gasteiger partial charge is 0.194 e. The van der Waals surface area contributed by atoms with Crippen LogP contribution in [-0.4, -0.2) is 11.4 Å². The summed E-state index contributed by atoms with van der Waals surface area (Å²) in [7, 11) is 0. The molecular formula is C17H16IN3O. The van der Waals surface area contributed by atoms with E-state index in [-0.39, 0.29) is 24.0 Å². The van der Waals surface area contributed by atoms with Crippen molar-refractivity contribution < 1.29 is 33.7 Å². The molecule has 0 spiro atoms. The van der Waals surface area contributed by atoms with Gasteiger partial charge in [-0.05, 0) is 32.0 Å². The topological polar surface area (TPSA) is 59.5 Å². The van der Waals surface area contributed by atoms with Crippen LogP contribution in [0, 0.1) is 11.3 Å². The zero-order valence-corrected chi connectivity index (χ0v) is 14.6. The Morgan fingerprint density at radius 1 is 1.27 bits per heavy atom. The number of aromatic nitrogens is 1. The van der Waals surface area contributed by atoms with Crippen LogP contribution in [0.15, 0.2) is 47.6 Å². The summed E-state index contributed by atoms with van der Waals surface area (Å²) >= 11 is 0. The van der Waals surface area contributed by atoms with Crippen molar-refractivity contribution in [2.75, 3.05) is 0 Å². The van der Waals surface area contributed by atoms with Crippen molar-refractivity contribution in [3.63, 3.8) is 0 Å². The maximum absolute atomic E-state index is 9.08. The second-order valence-corrected chi connectivity index (χ2v) is 5.49. The first-order valence-corrected chi connectivity index (χ1v) is 6.85. The van der Waals surface area contributed by atoms with Crippen molar-refractivity contribution in [1.82, 2.24) is 0 Å². The number of nitriles is 1. The van der Waals surface area contributed by atoms with Crippen LogP contribution in [0.1, 0.15) is 30.7 Å². The minimum atomic E-state index is -0.592. The summed E-state index contributed by atoms with van der Waals surface area (Å²) in [4.78, 5) is 7.91. The number of benzene rings is 1. The Balaban J connectivity index is 0.00000176. The van der Waals surface area contributed by atoms with Gasteiger partial charge in [-0.2, -0.15) is 5.26 Å². The molecule has 0 bridgehead atoms. The Morgan fingerprint density at radius 2 is 2.09 bits per heavy atom. The highest BCUT2D eigenvalue weighted by Crippen LogP contribution is 2.31. The van der Waals surface area contributed by atoms with Gasteiger partial charge in [0.05, 0.1) is 23.8 Å². The Kier molecular flexibility index (Phi) is 4.81. The van der Waals surface area contributed by atoms with E-state index in [9.17, 15) is 0 Å². The van der Waals surface area contributed by atoms with Crippen molar-refractivity contribution in [2.24, 2.45) is 4.99 Å². The summed E-state index contributed by atoms with van der Waals surface area (Å²) in [6.45, 7) is 3.87. The highest BCUT2D eigenvalue weighted by Gasteiger charge is 2.28. The van der Waals surface area contributed by atoms with Crippen LogP contribution in [0.2, 0.25) is 0 Å². The molecule has 0 radical (unpaired) electrons. The van der Waals surface area contributed by atoms with Crippen LogP contribution in [0.4, 0.5) is 0 Å². The van der Waals surface area contributed by atoms with E-state index < -0.39 is 5.72 Å². The lowest BCUT2D eigenvalue weighted by Crippen LogP contribution is -3.00. The van der Waals surface area contributed by atoms with Crippen LogP contribution in [0.25, 0.3) is 0 Å². The lowest BCUT2D eigenvalue weighted by molar-refractivity contribution is -0.388. The molecule has 112 valence electrons. The molecule has 5 heteroatoms. The van der Waals surface area contributed by atoms with E-state index in [2.05, 4.69) is 11.1 Å². The highest BCUT2D eigenvalue weighted by molar-refractivity contribution is 6.05. The molecule has 1 aliphatic heterocycles. The molecule has 0 amide bonds. The standard InChI is InChI=1S/C17H15N3O.HI/c1-17(2)20-15(10-13-5-3-4-8-19-13)14-9-12(11-18)6-7-16(14)21-17;/h3-9H,10H2,1-2H3;1H. The van der Waals surface area contributed by atoms with Crippen LogP contribution in [0.5, 0.6) is 5.75 Å². The van der Waals surface area contributed by atoms with Gasteiger partial charge in [-0.25, -0.2) is 9.98 Å². The van der Waals surface area contributed by atoms with Crippen LogP contribution < -0.4 is 33.7 Å². The van der Waals surface area contributed by atoms with E-state index in [1.54, 1.807) is 6.07 Å². The number of pyridine rings is 1. The molecule has 0 unspecified atom stereocenters. The predicted octanol–water partition coefficient (Wildman–Crippen LogP) is -0.463. The van der Waals surface area contributed by atoms with E-state index in [0.29, 0.717) is 12.0 Å². The van der Waals surface area contributed by atoms with Gasteiger partial charge in [0.15, 0.2) is 17.6 Å². The number of ether oxygens (including phenoxy) is 1. The Bertz CT molecular complexity index is 748. The number of halogens is 1. The molecule has 1 aliphatic rings. The molecule has 3 rings (SSSR count). The minimum Gasteiger partial charge on any atom is -1.00 e. The van der Waals surface area contributed by atoms with Gasteiger partial charge in [0, 0.05) is 17.7 Å². The van der Waals surface area contributed by atoms with E-state index in [4.69, 9.17) is 15.0 Å². The number of aliphatic imine (C=N–C) groups is 1. The second-order valence-electron chi connectivity index (χ2n) is 5.49. The average Bonchev–Trinajstić information content (AvgIpc) is 2.47. The monoisotopic (exact) mass is 405 g/mol. The molecule has 2 aromatic rings. The third kappa shape index (κ3) is 3.45. The SMILES string of the molecule is CC1(C)N=C(Cc2cccc[nH+]2)c2cc(C#N)ccc2O1.[I-]. The fraction of sp³-hybridized carbons (Fsp3) is 0.235. The van der Waals surface area contributed by atoms with Gasteiger partial charge in [0.2, 0.25) is 0 Å². The van der Waals surface area contributed by atoms with Gasteiger partial charge in [-0.3, -0.25) is 0 Å². The van der Waals surface area contributed by atoms with Crippen LogP contribution in [-0.2, 0) is 6.42 Å².